The van der Waals surface area contributed by atoms with Crippen LogP contribution >= 0.6 is 11.6 Å². The van der Waals surface area contributed by atoms with E-state index in [1.54, 1.807) is 45.4 Å². The number of carbonyl (C=O) groups excluding carboxylic acids is 2. The first-order chi connectivity index (χ1) is 14.4. The molecule has 3 aromatic rings. The Morgan fingerprint density at radius 3 is 2.57 bits per heavy atom. The van der Waals surface area contributed by atoms with Gasteiger partial charge >= 0.3 is 5.97 Å². The van der Waals surface area contributed by atoms with Gasteiger partial charge in [-0.25, -0.2) is 4.79 Å². The Bertz CT molecular complexity index is 1070. The predicted molar refractivity (Wildman–Crippen MR) is 113 cm³/mol. The average Bonchev–Trinajstić information content (AvgIpc) is 3.07. The lowest BCUT2D eigenvalue weighted by atomic mass is 10.1. The molecule has 7 nitrogen and oxygen atoms in total. The molecule has 0 spiro atoms. The van der Waals surface area contributed by atoms with E-state index in [-0.39, 0.29) is 5.76 Å². The molecule has 158 valence electrons. The number of amides is 1. The van der Waals surface area contributed by atoms with Crippen molar-refractivity contribution in [3.63, 3.8) is 0 Å². The van der Waals surface area contributed by atoms with Gasteiger partial charge < -0.3 is 23.9 Å². The number of fused-ring (bicyclic) bond motifs is 1. The molecule has 0 fully saturated rings. The molecule has 0 atom stereocenters. The highest BCUT2D eigenvalue weighted by atomic mass is 35.5. The highest BCUT2D eigenvalue weighted by Gasteiger charge is 2.20. The Morgan fingerprint density at radius 1 is 1.07 bits per heavy atom. The minimum atomic E-state index is -0.699. The molecule has 0 saturated heterocycles. The topological polar surface area (TPSA) is 87.0 Å². The Balaban J connectivity index is 1.50. The maximum absolute atomic E-state index is 12.3. The number of aryl methyl sites for hydroxylation is 1. The molecule has 1 amide bonds. The van der Waals surface area contributed by atoms with E-state index in [1.165, 1.54) is 0 Å². The predicted octanol–water partition coefficient (Wildman–Crippen LogP) is 3.93. The summed E-state index contributed by atoms with van der Waals surface area (Å²) in [5.41, 5.74) is 2.12. The highest BCUT2D eigenvalue weighted by Crippen LogP contribution is 2.29. The smallest absolute Gasteiger partial charge is 0.375 e. The first-order valence-electron chi connectivity index (χ1n) is 9.26. The molecule has 2 aromatic carbocycles. The summed E-state index contributed by atoms with van der Waals surface area (Å²) in [6.07, 6.45) is 0.587. The van der Waals surface area contributed by atoms with Crippen molar-refractivity contribution < 1.29 is 28.2 Å². The van der Waals surface area contributed by atoms with E-state index >= 15 is 0 Å². The van der Waals surface area contributed by atoms with E-state index in [2.05, 4.69) is 5.32 Å². The molecule has 8 heteroatoms. The first-order valence-corrected chi connectivity index (χ1v) is 9.64. The number of hydrogen-bond donors (Lipinski definition) is 1. The zero-order valence-electron chi connectivity index (χ0n) is 16.9. The largest absolute Gasteiger partial charge is 0.493 e. The van der Waals surface area contributed by atoms with E-state index in [4.69, 9.17) is 30.2 Å². The van der Waals surface area contributed by atoms with Gasteiger partial charge in [-0.3, -0.25) is 4.79 Å². The number of furan rings is 1. The van der Waals surface area contributed by atoms with Crippen LogP contribution < -0.4 is 14.8 Å². The quantitative estimate of drug-likeness (QED) is 0.544. The van der Waals surface area contributed by atoms with Crippen LogP contribution in [0.4, 0.5) is 0 Å². The van der Waals surface area contributed by atoms with Gasteiger partial charge in [0.25, 0.3) is 5.91 Å². The maximum Gasteiger partial charge on any atom is 0.375 e. The van der Waals surface area contributed by atoms with Crippen LogP contribution in [0.2, 0.25) is 5.02 Å². The summed E-state index contributed by atoms with van der Waals surface area (Å²) in [6, 6.07) is 10.6. The van der Waals surface area contributed by atoms with E-state index < -0.39 is 18.5 Å². The summed E-state index contributed by atoms with van der Waals surface area (Å²) in [6.45, 7) is 1.72. The summed E-state index contributed by atoms with van der Waals surface area (Å²) >= 11 is 5.98. The number of benzene rings is 2. The second-order valence-electron chi connectivity index (χ2n) is 6.56. The summed E-state index contributed by atoms with van der Waals surface area (Å²) in [7, 11) is 3.14. The summed E-state index contributed by atoms with van der Waals surface area (Å²) in [5, 5.41) is 3.99. The molecule has 1 aromatic heterocycles. The van der Waals surface area contributed by atoms with Crippen molar-refractivity contribution >= 4 is 34.4 Å². The minimum Gasteiger partial charge on any atom is -0.493 e. The number of nitrogens with one attached hydrogen (secondary N) is 1. The molecule has 30 heavy (non-hydrogen) atoms. The van der Waals surface area contributed by atoms with Crippen molar-refractivity contribution in [3.05, 3.63) is 58.3 Å². The number of carbonyl (C=O) groups is 2. The number of hydrogen-bond acceptors (Lipinski definition) is 6. The molecule has 3 rings (SSSR count). The SMILES string of the molecule is COc1ccc(CCNC(=O)COC(=O)c2oc3ccc(Cl)cc3c2C)cc1OC. The number of ether oxygens (including phenoxy) is 3. The standard InChI is InChI=1S/C22H22ClNO6/c1-13-16-11-15(23)5-7-17(16)30-21(13)22(26)29-12-20(25)24-9-8-14-4-6-18(27-2)19(10-14)28-3/h4-7,10-11H,8-9,12H2,1-3H3,(H,24,25). The zero-order chi connectivity index (χ0) is 21.7. The molecule has 0 bridgehead atoms. The number of halogens is 1. The van der Waals surface area contributed by atoms with Crippen molar-refractivity contribution in [1.82, 2.24) is 5.32 Å². The lowest BCUT2D eigenvalue weighted by molar-refractivity contribution is -0.124. The van der Waals surface area contributed by atoms with Crippen LogP contribution in [0.15, 0.2) is 40.8 Å². The molecule has 0 aliphatic heterocycles. The van der Waals surface area contributed by atoms with Gasteiger partial charge in [-0.15, -0.1) is 0 Å². The summed E-state index contributed by atoms with van der Waals surface area (Å²) in [4.78, 5) is 24.3. The average molecular weight is 432 g/mol. The third kappa shape index (κ3) is 4.86. The van der Waals surface area contributed by atoms with E-state index in [0.29, 0.717) is 40.6 Å². The van der Waals surface area contributed by atoms with Crippen LogP contribution in [0, 0.1) is 6.92 Å². The van der Waals surface area contributed by atoms with Gasteiger partial charge in [-0.1, -0.05) is 17.7 Å². The van der Waals surface area contributed by atoms with E-state index in [0.717, 1.165) is 10.9 Å². The second-order valence-corrected chi connectivity index (χ2v) is 7.00. The lowest BCUT2D eigenvalue weighted by Crippen LogP contribution is -2.30. The molecule has 1 heterocycles. The summed E-state index contributed by atoms with van der Waals surface area (Å²) < 4.78 is 21.1. The van der Waals surface area contributed by atoms with Crippen molar-refractivity contribution in [1.29, 1.82) is 0 Å². The molecular weight excluding hydrogens is 410 g/mol. The van der Waals surface area contributed by atoms with Crippen molar-refractivity contribution in [3.8, 4) is 11.5 Å². The van der Waals surface area contributed by atoms with Gasteiger partial charge in [0.05, 0.1) is 14.2 Å². The monoisotopic (exact) mass is 431 g/mol. The fraction of sp³-hybridized carbons (Fsp3) is 0.273. The van der Waals surface area contributed by atoms with Crippen LogP contribution in [0.3, 0.4) is 0 Å². The van der Waals surface area contributed by atoms with Gasteiger partial charge in [0, 0.05) is 22.5 Å². The van der Waals surface area contributed by atoms with Gasteiger partial charge in [-0.05, 0) is 49.2 Å². The van der Waals surface area contributed by atoms with Crippen LogP contribution in [0.25, 0.3) is 11.0 Å². The minimum absolute atomic E-state index is 0.0606. The molecule has 0 unspecified atom stereocenters. The molecular formula is C22H22ClNO6. The third-order valence-electron chi connectivity index (χ3n) is 4.60. The van der Waals surface area contributed by atoms with E-state index in [9.17, 15) is 9.59 Å². The van der Waals surface area contributed by atoms with E-state index in [1.807, 2.05) is 12.1 Å². The lowest BCUT2D eigenvalue weighted by Gasteiger charge is -2.10. The normalized spacial score (nSPS) is 10.7. The third-order valence-corrected chi connectivity index (χ3v) is 4.84. The Kier molecular flexibility index (Phi) is 6.84. The van der Waals surface area contributed by atoms with Gasteiger partial charge in [0.2, 0.25) is 5.76 Å². The number of rotatable bonds is 8. The maximum atomic E-state index is 12.3. The van der Waals surface area contributed by atoms with Gasteiger partial charge in [0.15, 0.2) is 18.1 Å². The van der Waals surface area contributed by atoms with Crippen molar-refractivity contribution in [2.75, 3.05) is 27.4 Å². The number of esters is 1. The second kappa shape index (κ2) is 9.54. The van der Waals surface area contributed by atoms with Gasteiger partial charge in [-0.2, -0.15) is 0 Å². The Labute approximate surface area is 178 Å². The molecule has 0 radical (unpaired) electrons. The highest BCUT2D eigenvalue weighted by molar-refractivity contribution is 6.31. The fourth-order valence-electron chi connectivity index (χ4n) is 3.02. The van der Waals surface area contributed by atoms with Crippen molar-refractivity contribution in [2.24, 2.45) is 0 Å². The van der Waals surface area contributed by atoms with Crippen LogP contribution in [-0.4, -0.2) is 39.2 Å². The zero-order valence-corrected chi connectivity index (χ0v) is 17.7. The van der Waals surface area contributed by atoms with Crippen molar-refractivity contribution in [2.45, 2.75) is 13.3 Å². The fourth-order valence-corrected chi connectivity index (χ4v) is 3.19. The van der Waals surface area contributed by atoms with Crippen LogP contribution in [0.5, 0.6) is 11.5 Å². The molecule has 1 N–H and O–H groups in total. The Morgan fingerprint density at radius 2 is 1.83 bits per heavy atom. The van der Waals surface area contributed by atoms with Gasteiger partial charge in [0.1, 0.15) is 5.58 Å². The first kappa shape index (κ1) is 21.5. The summed E-state index contributed by atoms with van der Waals surface area (Å²) in [5.74, 6) is 0.221. The molecule has 0 saturated carbocycles. The molecule has 0 aliphatic carbocycles. The molecule has 0 aliphatic rings. The van der Waals surface area contributed by atoms with Crippen LogP contribution in [-0.2, 0) is 16.0 Å². The Hall–Kier alpha value is -3.19. The van der Waals surface area contributed by atoms with Crippen LogP contribution in [0.1, 0.15) is 21.7 Å². The number of methoxy groups -OCH3 is 2.